The second-order valence-electron chi connectivity index (χ2n) is 5.63. The number of para-hydroxylation sites is 2. The SMILES string of the molecule is COc1ccc([C@@H](Br)[C@H](COC(C)=O)Oc2ccccc2OC)cc1OC. The van der Waals surface area contributed by atoms with Crippen LogP contribution in [0.25, 0.3) is 0 Å². The summed E-state index contributed by atoms with van der Waals surface area (Å²) < 4.78 is 27.3. The minimum absolute atomic E-state index is 0.0671. The Morgan fingerprint density at radius 2 is 1.52 bits per heavy atom. The van der Waals surface area contributed by atoms with Gasteiger partial charge in [0.25, 0.3) is 0 Å². The number of carbonyl (C=O) groups excluding carboxylic acids is 1. The van der Waals surface area contributed by atoms with Crippen molar-refractivity contribution in [3.8, 4) is 23.0 Å². The molecule has 0 saturated carbocycles. The maximum atomic E-state index is 11.3. The summed E-state index contributed by atoms with van der Waals surface area (Å²) in [7, 11) is 4.73. The Balaban J connectivity index is 2.30. The Kier molecular flexibility index (Phi) is 7.79. The third kappa shape index (κ3) is 5.53. The summed E-state index contributed by atoms with van der Waals surface area (Å²) in [5, 5.41) is 0. The molecule has 0 fully saturated rings. The van der Waals surface area contributed by atoms with Crippen molar-refractivity contribution < 1.29 is 28.5 Å². The van der Waals surface area contributed by atoms with Gasteiger partial charge in [-0.25, -0.2) is 0 Å². The van der Waals surface area contributed by atoms with E-state index in [2.05, 4.69) is 15.9 Å². The van der Waals surface area contributed by atoms with E-state index in [4.69, 9.17) is 23.7 Å². The monoisotopic (exact) mass is 438 g/mol. The minimum atomic E-state index is -0.497. The van der Waals surface area contributed by atoms with Gasteiger partial charge in [-0.3, -0.25) is 4.79 Å². The highest BCUT2D eigenvalue weighted by Gasteiger charge is 2.26. The van der Waals surface area contributed by atoms with Gasteiger partial charge in [0.05, 0.1) is 26.2 Å². The third-order valence-electron chi connectivity index (χ3n) is 3.85. The Morgan fingerprint density at radius 1 is 0.926 bits per heavy atom. The first kappa shape index (κ1) is 20.9. The highest BCUT2D eigenvalue weighted by atomic mass is 79.9. The molecule has 2 atom stereocenters. The first-order valence-electron chi connectivity index (χ1n) is 8.29. The van der Waals surface area contributed by atoms with Crippen LogP contribution in [0.1, 0.15) is 17.3 Å². The van der Waals surface area contributed by atoms with Crippen LogP contribution in [-0.2, 0) is 9.53 Å². The number of rotatable bonds is 9. The lowest BCUT2D eigenvalue weighted by Gasteiger charge is -2.25. The van der Waals surface area contributed by atoms with Gasteiger partial charge < -0.3 is 23.7 Å². The molecule has 146 valence electrons. The summed E-state index contributed by atoms with van der Waals surface area (Å²) in [6.45, 7) is 1.43. The summed E-state index contributed by atoms with van der Waals surface area (Å²) in [4.78, 5) is 11.0. The second-order valence-corrected chi connectivity index (χ2v) is 6.61. The van der Waals surface area contributed by atoms with Gasteiger partial charge in [-0.15, -0.1) is 0 Å². The van der Waals surface area contributed by atoms with Crippen molar-refractivity contribution in [3.63, 3.8) is 0 Å². The lowest BCUT2D eigenvalue weighted by atomic mass is 10.1. The number of carbonyl (C=O) groups is 1. The number of halogens is 1. The molecule has 0 heterocycles. The van der Waals surface area contributed by atoms with E-state index < -0.39 is 6.10 Å². The van der Waals surface area contributed by atoms with Gasteiger partial charge in [-0.05, 0) is 29.8 Å². The quantitative estimate of drug-likeness (QED) is 0.432. The number of ether oxygens (including phenoxy) is 5. The molecule has 0 radical (unpaired) electrons. The van der Waals surface area contributed by atoms with E-state index in [0.29, 0.717) is 23.0 Å². The zero-order chi connectivity index (χ0) is 19.8. The predicted molar refractivity (Wildman–Crippen MR) is 105 cm³/mol. The van der Waals surface area contributed by atoms with E-state index in [1.807, 2.05) is 30.3 Å². The zero-order valence-corrected chi connectivity index (χ0v) is 17.3. The van der Waals surface area contributed by atoms with E-state index >= 15 is 0 Å². The maximum absolute atomic E-state index is 11.3. The Morgan fingerprint density at radius 3 is 2.11 bits per heavy atom. The fraction of sp³-hybridized carbons (Fsp3) is 0.350. The van der Waals surface area contributed by atoms with Crippen LogP contribution >= 0.6 is 15.9 Å². The first-order valence-corrected chi connectivity index (χ1v) is 9.20. The lowest BCUT2D eigenvalue weighted by molar-refractivity contribution is -0.143. The average molecular weight is 439 g/mol. The van der Waals surface area contributed by atoms with Crippen molar-refractivity contribution >= 4 is 21.9 Å². The molecule has 2 rings (SSSR count). The van der Waals surface area contributed by atoms with Crippen LogP contribution in [0.15, 0.2) is 42.5 Å². The van der Waals surface area contributed by atoms with Gasteiger partial charge in [0.15, 0.2) is 23.0 Å². The van der Waals surface area contributed by atoms with E-state index in [-0.39, 0.29) is 17.4 Å². The first-order chi connectivity index (χ1) is 13.0. The van der Waals surface area contributed by atoms with Crippen LogP contribution in [0.4, 0.5) is 0 Å². The van der Waals surface area contributed by atoms with E-state index in [1.165, 1.54) is 6.92 Å². The number of methoxy groups -OCH3 is 3. The van der Waals surface area contributed by atoms with Gasteiger partial charge in [-0.2, -0.15) is 0 Å². The van der Waals surface area contributed by atoms with Gasteiger partial charge >= 0.3 is 5.97 Å². The molecule has 6 nitrogen and oxygen atoms in total. The van der Waals surface area contributed by atoms with Gasteiger partial charge in [0.2, 0.25) is 0 Å². The number of alkyl halides is 1. The minimum Gasteiger partial charge on any atom is -0.493 e. The molecular weight excluding hydrogens is 416 g/mol. The molecule has 7 heteroatoms. The Bertz CT molecular complexity index is 764. The molecule has 0 spiro atoms. The highest BCUT2D eigenvalue weighted by molar-refractivity contribution is 9.09. The lowest BCUT2D eigenvalue weighted by Crippen LogP contribution is -2.29. The molecular formula is C20H23BrO6. The number of benzene rings is 2. The summed E-state index contributed by atoms with van der Waals surface area (Å²) in [5.41, 5.74) is 0.889. The average Bonchev–Trinajstić information content (AvgIpc) is 2.70. The largest absolute Gasteiger partial charge is 0.493 e. The van der Waals surface area contributed by atoms with Crippen LogP contribution in [0.2, 0.25) is 0 Å². The van der Waals surface area contributed by atoms with Crippen molar-refractivity contribution in [1.29, 1.82) is 0 Å². The topological polar surface area (TPSA) is 63.2 Å². The fourth-order valence-corrected chi connectivity index (χ4v) is 3.04. The predicted octanol–water partition coefficient (Wildman–Crippen LogP) is 4.16. The molecule has 2 aromatic rings. The van der Waals surface area contributed by atoms with Crippen LogP contribution in [-0.4, -0.2) is 40.0 Å². The number of esters is 1. The molecule has 0 aliphatic heterocycles. The molecule has 0 bridgehead atoms. The second kappa shape index (κ2) is 10.1. The van der Waals surface area contributed by atoms with Gasteiger partial charge in [-0.1, -0.05) is 34.1 Å². The normalized spacial score (nSPS) is 12.6. The fourth-order valence-electron chi connectivity index (χ4n) is 2.50. The standard InChI is InChI=1S/C20H23BrO6/c1-13(22)26-12-19(27-17-8-6-5-7-15(17)23-2)20(21)14-9-10-16(24-3)18(11-14)25-4/h5-11,19-20H,12H2,1-4H3/t19-,20+/m0/s1. The van der Waals surface area contributed by atoms with Crippen molar-refractivity contribution in [2.24, 2.45) is 0 Å². The van der Waals surface area contributed by atoms with Crippen LogP contribution in [0, 0.1) is 0 Å². The molecule has 0 amide bonds. The van der Waals surface area contributed by atoms with Crippen molar-refractivity contribution in [2.45, 2.75) is 17.9 Å². The van der Waals surface area contributed by atoms with Gasteiger partial charge in [0.1, 0.15) is 12.7 Å². The molecule has 0 unspecified atom stereocenters. The summed E-state index contributed by atoms with van der Waals surface area (Å²) >= 11 is 3.66. The van der Waals surface area contributed by atoms with Crippen LogP contribution < -0.4 is 18.9 Å². The van der Waals surface area contributed by atoms with Gasteiger partial charge in [0, 0.05) is 6.92 Å². The molecule has 0 saturated heterocycles. The van der Waals surface area contributed by atoms with Crippen molar-refractivity contribution in [3.05, 3.63) is 48.0 Å². The smallest absolute Gasteiger partial charge is 0.302 e. The van der Waals surface area contributed by atoms with E-state index in [1.54, 1.807) is 33.5 Å². The number of hydrogen-bond acceptors (Lipinski definition) is 6. The van der Waals surface area contributed by atoms with Crippen molar-refractivity contribution in [1.82, 2.24) is 0 Å². The molecule has 0 aromatic heterocycles. The molecule has 27 heavy (non-hydrogen) atoms. The molecule has 2 aromatic carbocycles. The summed E-state index contributed by atoms with van der Waals surface area (Å²) in [6, 6.07) is 12.9. The maximum Gasteiger partial charge on any atom is 0.302 e. The number of hydrogen-bond donors (Lipinski definition) is 0. The molecule has 0 N–H and O–H groups in total. The molecule has 0 aliphatic rings. The third-order valence-corrected chi connectivity index (χ3v) is 4.97. The Labute approximate surface area is 167 Å². The summed E-state index contributed by atoms with van der Waals surface area (Å²) in [6.07, 6.45) is -0.497. The summed E-state index contributed by atoms with van der Waals surface area (Å²) in [5.74, 6) is 2.00. The highest BCUT2D eigenvalue weighted by Crippen LogP contribution is 2.37. The van der Waals surface area contributed by atoms with E-state index in [9.17, 15) is 4.79 Å². The van der Waals surface area contributed by atoms with Crippen LogP contribution in [0.3, 0.4) is 0 Å². The van der Waals surface area contributed by atoms with Crippen LogP contribution in [0.5, 0.6) is 23.0 Å². The van der Waals surface area contributed by atoms with E-state index in [0.717, 1.165) is 5.56 Å². The molecule has 0 aliphatic carbocycles. The Hall–Kier alpha value is -2.41. The zero-order valence-electron chi connectivity index (χ0n) is 15.7. The van der Waals surface area contributed by atoms with Crippen molar-refractivity contribution in [2.75, 3.05) is 27.9 Å².